The van der Waals surface area contributed by atoms with Gasteiger partial charge in [0.25, 0.3) is 11.8 Å². The van der Waals surface area contributed by atoms with Gasteiger partial charge in [-0.15, -0.1) is 0 Å². The smallest absolute Gasteiger partial charge is 0.253 e. The summed E-state index contributed by atoms with van der Waals surface area (Å²) in [7, 11) is 0. The molecule has 29 heavy (non-hydrogen) atoms. The van der Waals surface area contributed by atoms with Crippen molar-refractivity contribution in [2.75, 3.05) is 6.54 Å². The normalized spacial score (nSPS) is 18.5. The first-order valence-corrected chi connectivity index (χ1v) is 10.2. The molecule has 0 radical (unpaired) electrons. The zero-order chi connectivity index (χ0) is 21.6. The monoisotopic (exact) mass is 401 g/mol. The van der Waals surface area contributed by atoms with E-state index >= 15 is 0 Å². The van der Waals surface area contributed by atoms with Crippen molar-refractivity contribution in [1.82, 2.24) is 15.6 Å². The molecule has 0 aliphatic carbocycles. The predicted octanol–water partition coefficient (Wildman–Crippen LogP) is 1.71. The van der Waals surface area contributed by atoms with Crippen molar-refractivity contribution in [2.24, 2.45) is 16.6 Å². The van der Waals surface area contributed by atoms with E-state index in [2.05, 4.69) is 20.6 Å². The van der Waals surface area contributed by atoms with E-state index in [9.17, 15) is 14.4 Å². The summed E-state index contributed by atoms with van der Waals surface area (Å²) >= 11 is 0. The number of nitrogens with zero attached hydrogens (tertiary/aromatic N) is 2. The average Bonchev–Trinajstić information content (AvgIpc) is 2.99. The third-order valence-corrected chi connectivity index (χ3v) is 5.37. The van der Waals surface area contributed by atoms with Crippen LogP contribution in [-0.2, 0) is 16.0 Å². The van der Waals surface area contributed by atoms with Gasteiger partial charge in [-0.05, 0) is 43.7 Å². The van der Waals surface area contributed by atoms with Gasteiger partial charge in [0.05, 0.1) is 5.56 Å². The largest absolute Gasteiger partial charge is 0.370 e. The van der Waals surface area contributed by atoms with Crippen LogP contribution in [0.3, 0.4) is 0 Å². The standard InChI is InChI=1S/C21H31N5O3/c1-5-14-11-15(19(28)23-10-8-6-7-9-16(22)27)17(24-12-14)18-25-20(29)21(4,26-18)13(2)3/h11-13H,5-10H2,1-4H3,(H2,22,27)(H,23,28)(H,25,26,29). The van der Waals surface area contributed by atoms with Gasteiger partial charge in [0, 0.05) is 19.2 Å². The van der Waals surface area contributed by atoms with Crippen molar-refractivity contribution in [2.45, 2.75) is 65.3 Å². The molecule has 1 aromatic rings. The van der Waals surface area contributed by atoms with E-state index in [1.807, 2.05) is 20.8 Å². The summed E-state index contributed by atoms with van der Waals surface area (Å²) in [6.07, 6.45) is 5.06. The zero-order valence-electron chi connectivity index (χ0n) is 17.7. The molecular formula is C21H31N5O3. The first-order chi connectivity index (χ1) is 13.7. The van der Waals surface area contributed by atoms with Gasteiger partial charge in [0.2, 0.25) is 5.91 Å². The molecule has 1 aliphatic rings. The number of unbranched alkanes of at least 4 members (excludes halogenated alkanes) is 2. The summed E-state index contributed by atoms with van der Waals surface area (Å²) < 4.78 is 0. The highest BCUT2D eigenvalue weighted by Crippen LogP contribution is 2.27. The Kier molecular flexibility index (Phi) is 7.47. The number of primary amides is 1. The van der Waals surface area contributed by atoms with Crippen molar-refractivity contribution in [3.8, 4) is 0 Å². The summed E-state index contributed by atoms with van der Waals surface area (Å²) in [5.41, 5.74) is 5.95. The maximum absolute atomic E-state index is 12.8. The van der Waals surface area contributed by atoms with Gasteiger partial charge in [-0.3, -0.25) is 19.4 Å². The van der Waals surface area contributed by atoms with E-state index in [0.717, 1.165) is 24.8 Å². The van der Waals surface area contributed by atoms with Crippen LogP contribution >= 0.6 is 0 Å². The van der Waals surface area contributed by atoms with Crippen molar-refractivity contribution in [1.29, 1.82) is 0 Å². The van der Waals surface area contributed by atoms with Crippen LogP contribution in [0.5, 0.6) is 0 Å². The van der Waals surface area contributed by atoms with Gasteiger partial charge in [0.1, 0.15) is 11.2 Å². The summed E-state index contributed by atoms with van der Waals surface area (Å²) in [5.74, 6) is -0.417. The lowest BCUT2D eigenvalue weighted by Crippen LogP contribution is -2.41. The summed E-state index contributed by atoms with van der Waals surface area (Å²) in [6.45, 7) is 8.13. The number of rotatable bonds is 10. The third kappa shape index (κ3) is 5.40. The van der Waals surface area contributed by atoms with Crippen LogP contribution in [0.1, 0.15) is 75.0 Å². The molecule has 0 fully saturated rings. The van der Waals surface area contributed by atoms with E-state index in [-0.39, 0.29) is 23.6 Å². The minimum atomic E-state index is -0.880. The van der Waals surface area contributed by atoms with Crippen LogP contribution in [0, 0.1) is 5.92 Å². The highest BCUT2D eigenvalue weighted by atomic mass is 16.2. The molecular weight excluding hydrogens is 370 g/mol. The lowest BCUT2D eigenvalue weighted by molar-refractivity contribution is -0.124. The molecule has 1 unspecified atom stereocenters. The number of aromatic nitrogens is 1. The second kappa shape index (κ2) is 9.62. The third-order valence-electron chi connectivity index (χ3n) is 5.37. The molecule has 3 amide bonds. The molecule has 2 heterocycles. The number of amides is 3. The zero-order valence-corrected chi connectivity index (χ0v) is 17.7. The van der Waals surface area contributed by atoms with Crippen molar-refractivity contribution < 1.29 is 14.4 Å². The molecule has 0 saturated heterocycles. The number of aliphatic imine (C=N–C) groups is 1. The first kappa shape index (κ1) is 22.5. The van der Waals surface area contributed by atoms with E-state index in [1.54, 1.807) is 19.2 Å². The Hall–Kier alpha value is -2.77. The number of aryl methyl sites for hydroxylation is 1. The Labute approximate surface area is 171 Å². The number of hydrogen-bond acceptors (Lipinski definition) is 5. The lowest BCUT2D eigenvalue weighted by atomic mass is 9.89. The van der Waals surface area contributed by atoms with Crippen molar-refractivity contribution >= 4 is 23.6 Å². The van der Waals surface area contributed by atoms with Gasteiger partial charge < -0.3 is 16.4 Å². The Morgan fingerprint density at radius 3 is 2.59 bits per heavy atom. The molecule has 0 bridgehead atoms. The molecule has 158 valence electrons. The molecule has 1 aliphatic heterocycles. The number of carbonyl (C=O) groups excluding carboxylic acids is 3. The number of pyridine rings is 1. The highest BCUT2D eigenvalue weighted by molar-refractivity contribution is 6.18. The van der Waals surface area contributed by atoms with Crippen molar-refractivity contribution in [3.05, 3.63) is 29.1 Å². The Balaban J connectivity index is 2.16. The predicted molar refractivity (Wildman–Crippen MR) is 112 cm³/mol. The number of nitrogens with one attached hydrogen (secondary N) is 2. The molecule has 0 aromatic carbocycles. The number of amidine groups is 1. The minimum Gasteiger partial charge on any atom is -0.370 e. The molecule has 4 N–H and O–H groups in total. The lowest BCUT2D eigenvalue weighted by Gasteiger charge is -2.21. The first-order valence-electron chi connectivity index (χ1n) is 10.2. The summed E-state index contributed by atoms with van der Waals surface area (Å²) in [6, 6.07) is 1.80. The van der Waals surface area contributed by atoms with Crippen LogP contribution in [0.15, 0.2) is 17.3 Å². The van der Waals surface area contributed by atoms with Gasteiger partial charge in [-0.25, -0.2) is 4.99 Å². The van der Waals surface area contributed by atoms with Crippen LogP contribution in [0.4, 0.5) is 0 Å². The van der Waals surface area contributed by atoms with Crippen LogP contribution < -0.4 is 16.4 Å². The molecule has 2 rings (SSSR count). The Morgan fingerprint density at radius 1 is 1.28 bits per heavy atom. The van der Waals surface area contributed by atoms with E-state index in [4.69, 9.17) is 5.73 Å². The van der Waals surface area contributed by atoms with E-state index in [1.165, 1.54) is 0 Å². The Morgan fingerprint density at radius 2 is 2.00 bits per heavy atom. The fourth-order valence-electron chi connectivity index (χ4n) is 3.01. The molecule has 0 spiro atoms. The highest BCUT2D eigenvalue weighted by Gasteiger charge is 2.43. The van der Waals surface area contributed by atoms with Crippen molar-refractivity contribution in [3.63, 3.8) is 0 Å². The van der Waals surface area contributed by atoms with Gasteiger partial charge in [-0.1, -0.05) is 27.2 Å². The van der Waals surface area contributed by atoms with Crippen LogP contribution in [-0.4, -0.2) is 40.6 Å². The van der Waals surface area contributed by atoms with E-state index in [0.29, 0.717) is 36.5 Å². The average molecular weight is 402 g/mol. The summed E-state index contributed by atoms with van der Waals surface area (Å²) in [5, 5.41) is 5.69. The molecule has 8 nitrogen and oxygen atoms in total. The van der Waals surface area contributed by atoms with Gasteiger partial charge in [-0.2, -0.15) is 0 Å². The fourth-order valence-corrected chi connectivity index (χ4v) is 3.01. The molecule has 8 heteroatoms. The number of carbonyl (C=O) groups is 3. The second-order valence-electron chi connectivity index (χ2n) is 7.84. The van der Waals surface area contributed by atoms with Gasteiger partial charge >= 0.3 is 0 Å². The summed E-state index contributed by atoms with van der Waals surface area (Å²) in [4.78, 5) is 45.0. The van der Waals surface area contributed by atoms with Crippen LogP contribution in [0.2, 0.25) is 0 Å². The SMILES string of the molecule is CCc1cnc(C2=NC(C)(C(C)C)C(=O)N2)c(C(=O)NCCCCCC(N)=O)c1. The number of nitrogens with two attached hydrogens (primary N) is 1. The molecule has 0 saturated carbocycles. The maximum atomic E-state index is 12.8. The topological polar surface area (TPSA) is 127 Å². The van der Waals surface area contributed by atoms with Crippen LogP contribution in [0.25, 0.3) is 0 Å². The molecule has 1 atom stereocenters. The number of hydrogen-bond donors (Lipinski definition) is 3. The minimum absolute atomic E-state index is 0.00703. The molecule has 1 aromatic heterocycles. The second-order valence-corrected chi connectivity index (χ2v) is 7.84. The maximum Gasteiger partial charge on any atom is 0.253 e. The van der Waals surface area contributed by atoms with E-state index < -0.39 is 5.54 Å². The quantitative estimate of drug-likeness (QED) is 0.516. The van der Waals surface area contributed by atoms with Gasteiger partial charge in [0.15, 0.2) is 5.84 Å². The fraction of sp³-hybridized carbons (Fsp3) is 0.571. The Bertz CT molecular complexity index is 819.